The van der Waals surface area contributed by atoms with E-state index in [9.17, 15) is 0 Å². The van der Waals surface area contributed by atoms with Crippen molar-refractivity contribution in [3.8, 4) is 0 Å². The number of fused-ring (bicyclic) bond motifs is 1. The number of nitrogens with zero attached hydrogens (tertiary/aromatic N) is 2. The molecule has 9 rings (SSSR count). The third-order valence-electron chi connectivity index (χ3n) is 14.4. The molecule has 2 unspecified atom stereocenters. The molecule has 2 nitrogen and oxygen atoms in total. The van der Waals surface area contributed by atoms with E-state index in [1.807, 2.05) is 0 Å². The van der Waals surface area contributed by atoms with Crippen LogP contribution in [0.5, 0.6) is 0 Å². The van der Waals surface area contributed by atoms with Gasteiger partial charge in [-0.05, 0) is 159 Å². The number of anilines is 2. The van der Waals surface area contributed by atoms with E-state index in [0.717, 1.165) is 25.9 Å². The summed E-state index contributed by atoms with van der Waals surface area (Å²) in [6, 6.07) is 29.5. The SMILES string of the molecule is Cc1cc(C)c(N2CCN(c3c(C)cc(C)cc3C)C2=C2CCC(Cl)(P(C3CCCCC3)C3CCCCC3)C(=C3C=C(c4ccccc4)c4ccccc43)C2Cl)c(C)c1.[Ru+2]. The molecule has 0 radical (unpaired) electrons. The van der Waals surface area contributed by atoms with Crippen molar-refractivity contribution < 1.29 is 19.5 Å². The number of benzene rings is 4. The van der Waals surface area contributed by atoms with E-state index in [-0.39, 0.29) is 24.9 Å². The largest absolute Gasteiger partial charge is 2.00 e. The van der Waals surface area contributed by atoms with Crippen LogP contribution in [0, 0.1) is 41.5 Å². The predicted molar refractivity (Wildman–Crippen MR) is 258 cm³/mol. The first-order valence-electron chi connectivity index (χ1n) is 22.7. The molecule has 6 heteroatoms. The van der Waals surface area contributed by atoms with Gasteiger partial charge in [0.05, 0.1) is 9.99 Å². The standard InChI is InChI=1S/C54H63Cl2N2P.Ru/c1-35-30-37(3)51(38(4)31-35)57-28-29-58(52-39(5)32-36(2)33-40(52)6)53(57)46-26-27-54(56,59(42-20-12-8-13-21-42)43-22-14-9-15-23-43)49(50(46)55)48-34-47(41-18-10-7-11-19-41)44-24-16-17-25-45(44)48;/h7,10-11,16-19,24-25,30-34,42-43,50H,8-9,12-15,20-23,26-29H2,1-6H3;/q;+2. The fourth-order valence-corrected chi connectivity index (χ4v) is 18.5. The molecule has 1 heterocycles. The van der Waals surface area contributed by atoms with Gasteiger partial charge in [0.15, 0.2) is 0 Å². The molecular formula is C54H63Cl2N2PRu+2. The molecular weight excluding hydrogens is 880 g/mol. The van der Waals surface area contributed by atoms with E-state index in [4.69, 9.17) is 23.2 Å². The van der Waals surface area contributed by atoms with Gasteiger partial charge < -0.3 is 9.80 Å². The molecule has 2 atom stereocenters. The summed E-state index contributed by atoms with van der Waals surface area (Å²) in [4.78, 5) is 5.30. The Morgan fingerprint density at radius 2 is 1.08 bits per heavy atom. The van der Waals surface area contributed by atoms with Crippen LogP contribution in [-0.4, -0.2) is 34.4 Å². The Kier molecular flexibility index (Phi) is 13.3. The summed E-state index contributed by atoms with van der Waals surface area (Å²) in [5.74, 6) is 1.28. The van der Waals surface area contributed by atoms with Crippen LogP contribution < -0.4 is 9.80 Å². The Balaban J connectivity index is 0.00000499. The molecule has 4 fully saturated rings. The maximum Gasteiger partial charge on any atom is 2.00 e. The number of hydrogen-bond donors (Lipinski definition) is 0. The smallest absolute Gasteiger partial charge is 0.325 e. The molecule has 3 saturated carbocycles. The number of halogens is 2. The summed E-state index contributed by atoms with van der Waals surface area (Å²) in [6.45, 7) is 15.5. The number of allylic oxidation sites excluding steroid dienone is 4. The summed E-state index contributed by atoms with van der Waals surface area (Å²) in [7, 11) is -0.562. The Morgan fingerprint density at radius 1 is 0.617 bits per heavy atom. The minimum Gasteiger partial charge on any atom is -0.325 e. The van der Waals surface area contributed by atoms with Gasteiger partial charge in [-0.2, -0.15) is 0 Å². The molecule has 5 aliphatic rings. The summed E-state index contributed by atoms with van der Waals surface area (Å²) < 4.78 is -0.486. The van der Waals surface area contributed by atoms with Crippen LogP contribution in [0.1, 0.15) is 127 Å². The molecule has 0 amide bonds. The predicted octanol–water partition coefficient (Wildman–Crippen LogP) is 15.5. The van der Waals surface area contributed by atoms with Crippen LogP contribution in [0.3, 0.4) is 0 Å². The van der Waals surface area contributed by atoms with Crippen LogP contribution in [0.15, 0.2) is 102 Å². The van der Waals surface area contributed by atoms with Crippen LogP contribution in [-0.2, 0) is 19.5 Å². The zero-order chi connectivity index (χ0) is 41.0. The minimum atomic E-state index is -0.562. The van der Waals surface area contributed by atoms with Crippen LogP contribution >= 0.6 is 31.1 Å². The fourth-order valence-electron chi connectivity index (χ4n) is 12.2. The molecule has 0 spiro atoms. The van der Waals surface area contributed by atoms with E-state index in [2.05, 4.69) is 136 Å². The second-order valence-corrected chi connectivity index (χ2v) is 22.9. The Morgan fingerprint density at radius 3 is 1.58 bits per heavy atom. The van der Waals surface area contributed by atoms with Crippen molar-refractivity contribution >= 4 is 53.6 Å². The van der Waals surface area contributed by atoms with Crippen molar-refractivity contribution in [2.45, 2.75) is 140 Å². The molecule has 4 aliphatic carbocycles. The second-order valence-electron chi connectivity index (χ2n) is 18.6. The zero-order valence-electron chi connectivity index (χ0n) is 36.7. The second kappa shape index (κ2) is 18.2. The minimum absolute atomic E-state index is 0. The number of aryl methyl sites for hydroxylation is 6. The summed E-state index contributed by atoms with van der Waals surface area (Å²) in [6.07, 6.45) is 17.7. The maximum absolute atomic E-state index is 8.83. The molecule has 4 aromatic carbocycles. The number of alkyl halides is 2. The molecule has 314 valence electrons. The summed E-state index contributed by atoms with van der Waals surface area (Å²) in [5, 5.41) is -0.344. The fraction of sp³-hybridized carbons (Fsp3) is 0.444. The van der Waals surface area contributed by atoms with Gasteiger partial charge in [0.2, 0.25) is 0 Å². The van der Waals surface area contributed by atoms with Crippen LogP contribution in [0.2, 0.25) is 0 Å². The van der Waals surface area contributed by atoms with Gasteiger partial charge in [-0.25, -0.2) is 0 Å². The Hall–Kier alpha value is -2.67. The van der Waals surface area contributed by atoms with E-state index in [1.165, 1.54) is 154 Å². The molecule has 0 N–H and O–H groups in total. The van der Waals surface area contributed by atoms with Crippen molar-refractivity contribution in [1.82, 2.24) is 0 Å². The molecule has 1 saturated heterocycles. The first-order valence-corrected chi connectivity index (χ1v) is 25.0. The van der Waals surface area contributed by atoms with Crippen molar-refractivity contribution in [2.75, 3.05) is 22.9 Å². The Labute approximate surface area is 385 Å². The van der Waals surface area contributed by atoms with E-state index in [1.54, 1.807) is 0 Å². The van der Waals surface area contributed by atoms with E-state index in [0.29, 0.717) is 11.3 Å². The van der Waals surface area contributed by atoms with E-state index >= 15 is 0 Å². The quantitative estimate of drug-likeness (QED) is 0.108. The number of rotatable bonds is 6. The van der Waals surface area contributed by atoms with Crippen molar-refractivity contribution in [2.24, 2.45) is 0 Å². The summed E-state index contributed by atoms with van der Waals surface area (Å²) in [5.41, 5.74) is 21.0. The first-order chi connectivity index (χ1) is 28.5. The molecule has 4 aromatic rings. The van der Waals surface area contributed by atoms with E-state index < -0.39 is 12.5 Å². The molecule has 0 bridgehead atoms. The normalized spacial score (nSPS) is 23.9. The Bertz CT molecular complexity index is 2200. The van der Waals surface area contributed by atoms with Gasteiger partial charge in [-0.3, -0.25) is 0 Å². The van der Waals surface area contributed by atoms with Gasteiger partial charge in [0.25, 0.3) is 0 Å². The molecule has 60 heavy (non-hydrogen) atoms. The van der Waals surface area contributed by atoms with Crippen molar-refractivity contribution in [3.05, 3.63) is 152 Å². The average Bonchev–Trinajstić information content (AvgIpc) is 3.80. The number of hydrogen-bond acceptors (Lipinski definition) is 2. The van der Waals surface area contributed by atoms with Gasteiger partial charge in [-0.15, -0.1) is 23.2 Å². The maximum atomic E-state index is 8.83. The van der Waals surface area contributed by atoms with Gasteiger partial charge >= 0.3 is 19.5 Å². The molecule has 0 aromatic heterocycles. The van der Waals surface area contributed by atoms with Crippen LogP contribution in [0.4, 0.5) is 11.4 Å². The van der Waals surface area contributed by atoms with Gasteiger partial charge in [0.1, 0.15) is 5.82 Å². The molecule has 1 aliphatic heterocycles. The third kappa shape index (κ3) is 7.95. The van der Waals surface area contributed by atoms with Crippen molar-refractivity contribution in [1.29, 1.82) is 0 Å². The zero-order valence-corrected chi connectivity index (χ0v) is 40.8. The van der Waals surface area contributed by atoms with Gasteiger partial charge in [-0.1, -0.05) is 136 Å². The van der Waals surface area contributed by atoms with Crippen LogP contribution in [0.25, 0.3) is 11.1 Å². The third-order valence-corrected chi connectivity index (χ3v) is 19.7. The summed E-state index contributed by atoms with van der Waals surface area (Å²) >= 11 is 17.3. The first kappa shape index (κ1) is 44.0. The van der Waals surface area contributed by atoms with Crippen molar-refractivity contribution in [3.63, 3.8) is 0 Å². The monoisotopic (exact) mass is 942 g/mol. The van der Waals surface area contributed by atoms with Gasteiger partial charge in [0, 0.05) is 24.5 Å². The topological polar surface area (TPSA) is 6.48 Å². The average molecular weight is 943 g/mol.